The van der Waals surface area contributed by atoms with Gasteiger partial charge in [0.25, 0.3) is 5.91 Å². The number of carbonyl (C=O) groups is 1. The van der Waals surface area contributed by atoms with Gasteiger partial charge >= 0.3 is 0 Å². The molecule has 1 amide bonds. The first-order chi connectivity index (χ1) is 14.0. The first-order valence-electron chi connectivity index (χ1n) is 9.27. The molecule has 0 unspecified atom stereocenters. The number of amides is 1. The third-order valence-electron chi connectivity index (χ3n) is 4.27. The molecule has 0 saturated carbocycles. The van der Waals surface area contributed by atoms with Gasteiger partial charge < -0.3 is 19.5 Å². The van der Waals surface area contributed by atoms with Crippen molar-refractivity contribution >= 4 is 40.3 Å². The monoisotopic (exact) mass is 429 g/mol. The van der Waals surface area contributed by atoms with Crippen molar-refractivity contribution in [2.75, 3.05) is 26.4 Å². The number of carbonyl (C=O) groups excluding carboxylic acids is 1. The van der Waals surface area contributed by atoms with Gasteiger partial charge in [0.1, 0.15) is 29.0 Å². The van der Waals surface area contributed by atoms with Crippen molar-refractivity contribution in [2.45, 2.75) is 13.8 Å². The summed E-state index contributed by atoms with van der Waals surface area (Å²) in [6.07, 6.45) is 1.80. The third kappa shape index (κ3) is 6.59. The topological polar surface area (TPSA) is 56.8 Å². The van der Waals surface area contributed by atoms with E-state index in [0.717, 1.165) is 17.1 Å². The van der Waals surface area contributed by atoms with Crippen LogP contribution in [0.25, 0.3) is 6.08 Å². The third-order valence-corrected chi connectivity index (χ3v) is 5.43. The highest BCUT2D eigenvalue weighted by atomic mass is 32.2. The molecule has 0 radical (unpaired) electrons. The van der Waals surface area contributed by atoms with Crippen LogP contribution in [0.1, 0.15) is 16.7 Å². The molecule has 0 bridgehead atoms. The van der Waals surface area contributed by atoms with Gasteiger partial charge in [-0.3, -0.25) is 4.79 Å². The van der Waals surface area contributed by atoms with Crippen molar-refractivity contribution in [2.24, 2.45) is 0 Å². The summed E-state index contributed by atoms with van der Waals surface area (Å²) in [5, 5.41) is 2.61. The Hall–Kier alpha value is -2.35. The van der Waals surface area contributed by atoms with Crippen LogP contribution < -0.4 is 14.8 Å². The number of benzene rings is 2. The Morgan fingerprint density at radius 3 is 2.34 bits per heavy atom. The van der Waals surface area contributed by atoms with Crippen LogP contribution in [0, 0.1) is 13.8 Å². The fraction of sp³-hybridized carbons (Fsp3) is 0.273. The van der Waals surface area contributed by atoms with Gasteiger partial charge in [-0.2, -0.15) is 0 Å². The molecule has 29 heavy (non-hydrogen) atoms. The lowest BCUT2D eigenvalue weighted by molar-refractivity contribution is -0.115. The quantitative estimate of drug-likeness (QED) is 0.365. The van der Waals surface area contributed by atoms with Gasteiger partial charge in [-0.15, -0.1) is 0 Å². The van der Waals surface area contributed by atoms with E-state index in [1.54, 1.807) is 6.08 Å². The molecule has 1 N–H and O–H groups in total. The van der Waals surface area contributed by atoms with Gasteiger partial charge in [-0.05, 0) is 60.9 Å². The van der Waals surface area contributed by atoms with E-state index in [2.05, 4.69) is 25.2 Å². The number of hydrogen-bond donors (Lipinski definition) is 1. The van der Waals surface area contributed by atoms with Crippen molar-refractivity contribution < 1.29 is 19.0 Å². The zero-order valence-electron chi connectivity index (χ0n) is 16.4. The predicted octanol–water partition coefficient (Wildman–Crippen LogP) is 4.27. The molecule has 0 aliphatic carbocycles. The Balaban J connectivity index is 1.36. The molecule has 1 aliphatic heterocycles. The van der Waals surface area contributed by atoms with E-state index in [0.29, 0.717) is 35.7 Å². The minimum atomic E-state index is -0.164. The summed E-state index contributed by atoms with van der Waals surface area (Å²) in [6, 6.07) is 13.6. The number of rotatable bonds is 9. The van der Waals surface area contributed by atoms with Crippen LogP contribution in [0.4, 0.5) is 0 Å². The van der Waals surface area contributed by atoms with Crippen LogP contribution in [0.2, 0.25) is 0 Å². The lowest BCUT2D eigenvalue weighted by Gasteiger charge is -2.10. The van der Waals surface area contributed by atoms with E-state index in [-0.39, 0.29) is 5.91 Å². The molecule has 0 spiro atoms. The normalized spacial score (nSPS) is 14.9. The van der Waals surface area contributed by atoms with Crippen molar-refractivity contribution in [1.82, 2.24) is 5.32 Å². The van der Waals surface area contributed by atoms with Crippen molar-refractivity contribution in [3.8, 4) is 11.5 Å². The number of aryl methyl sites for hydroxylation is 2. The summed E-state index contributed by atoms with van der Waals surface area (Å²) >= 11 is 6.26. The second-order valence-corrected chi connectivity index (χ2v) is 8.20. The highest BCUT2D eigenvalue weighted by Gasteiger charge is 2.21. The second-order valence-electron chi connectivity index (χ2n) is 6.48. The molecule has 0 atom stereocenters. The van der Waals surface area contributed by atoms with Crippen LogP contribution in [0.5, 0.6) is 11.5 Å². The highest BCUT2D eigenvalue weighted by molar-refractivity contribution is 8.26. The average Bonchev–Trinajstić information content (AvgIpc) is 3.01. The summed E-state index contributed by atoms with van der Waals surface area (Å²) in [6.45, 7) is 6.03. The zero-order valence-corrected chi connectivity index (χ0v) is 18.0. The van der Waals surface area contributed by atoms with Gasteiger partial charge in [0.05, 0.1) is 18.1 Å². The van der Waals surface area contributed by atoms with Gasteiger partial charge in [-0.25, -0.2) is 0 Å². The van der Waals surface area contributed by atoms with Gasteiger partial charge in [0, 0.05) is 0 Å². The molecule has 0 aromatic heterocycles. The Labute approximate surface area is 180 Å². The fourth-order valence-corrected chi connectivity index (χ4v) is 3.65. The molecule has 1 heterocycles. The Kier molecular flexibility index (Phi) is 7.69. The molecule has 2 aromatic rings. The summed E-state index contributed by atoms with van der Waals surface area (Å²) in [5.41, 5.74) is 3.34. The van der Waals surface area contributed by atoms with Crippen molar-refractivity contribution in [3.05, 3.63) is 64.1 Å². The molecule has 1 aliphatic rings. The minimum Gasteiger partial charge on any atom is -0.491 e. The molecule has 3 rings (SSSR count). The Bertz CT molecular complexity index is 927. The van der Waals surface area contributed by atoms with Crippen molar-refractivity contribution in [3.63, 3.8) is 0 Å². The second kappa shape index (κ2) is 10.4. The van der Waals surface area contributed by atoms with Crippen LogP contribution in [-0.4, -0.2) is 36.7 Å². The summed E-state index contributed by atoms with van der Waals surface area (Å²) in [7, 11) is 0. The van der Waals surface area contributed by atoms with Gasteiger partial charge in [0.15, 0.2) is 0 Å². The molecular weight excluding hydrogens is 406 g/mol. The van der Waals surface area contributed by atoms with E-state index in [1.165, 1.54) is 22.9 Å². The number of thiocarbonyl (C=S) groups is 1. The number of hydrogen-bond acceptors (Lipinski definition) is 6. The number of thioether (sulfide) groups is 1. The first-order valence-corrected chi connectivity index (χ1v) is 10.5. The summed E-state index contributed by atoms with van der Waals surface area (Å²) < 4.78 is 17.5. The van der Waals surface area contributed by atoms with Crippen LogP contribution in [0.3, 0.4) is 0 Å². The van der Waals surface area contributed by atoms with E-state index in [1.807, 2.05) is 36.4 Å². The maximum atomic E-state index is 11.7. The molecular formula is C22H23NO4S2. The molecule has 1 fully saturated rings. The lowest BCUT2D eigenvalue weighted by Crippen LogP contribution is -2.17. The largest absolute Gasteiger partial charge is 0.491 e. The van der Waals surface area contributed by atoms with Gasteiger partial charge in [-0.1, -0.05) is 42.2 Å². The molecule has 1 saturated heterocycles. The van der Waals surface area contributed by atoms with E-state index >= 15 is 0 Å². The number of nitrogens with one attached hydrogen (secondary N) is 1. The van der Waals surface area contributed by atoms with Crippen LogP contribution in [0.15, 0.2) is 47.4 Å². The Morgan fingerprint density at radius 1 is 0.966 bits per heavy atom. The Morgan fingerprint density at radius 2 is 1.69 bits per heavy atom. The van der Waals surface area contributed by atoms with E-state index in [9.17, 15) is 4.79 Å². The molecule has 5 nitrogen and oxygen atoms in total. The maximum absolute atomic E-state index is 11.7. The summed E-state index contributed by atoms with van der Waals surface area (Å²) in [4.78, 5) is 12.3. The molecule has 2 aromatic carbocycles. The molecule has 152 valence electrons. The predicted molar refractivity (Wildman–Crippen MR) is 120 cm³/mol. The highest BCUT2D eigenvalue weighted by Crippen LogP contribution is 2.26. The van der Waals surface area contributed by atoms with Gasteiger partial charge in [0.2, 0.25) is 0 Å². The first kappa shape index (κ1) is 21.4. The van der Waals surface area contributed by atoms with Crippen LogP contribution >= 0.6 is 24.0 Å². The lowest BCUT2D eigenvalue weighted by atomic mass is 10.1. The van der Waals surface area contributed by atoms with E-state index in [4.69, 9.17) is 26.4 Å². The fourth-order valence-electron chi connectivity index (χ4n) is 2.61. The average molecular weight is 430 g/mol. The smallest absolute Gasteiger partial charge is 0.263 e. The zero-order chi connectivity index (χ0) is 20.6. The maximum Gasteiger partial charge on any atom is 0.263 e. The summed E-state index contributed by atoms with van der Waals surface area (Å²) in [5.74, 6) is 1.41. The number of ether oxygens (including phenoxy) is 3. The minimum absolute atomic E-state index is 0.164. The SMILES string of the molecule is Cc1ccc(OCCOCCOc2cccc(C=C3SC(=S)NC3=O)c2)cc1C. The van der Waals surface area contributed by atoms with E-state index < -0.39 is 0 Å². The standard InChI is InChI=1S/C22H23NO4S2/c1-15-6-7-19(12-16(15)2)27-11-9-25-8-10-26-18-5-3-4-17(13-18)14-20-21(24)23-22(28)29-20/h3-7,12-14H,8-11H2,1-2H3,(H,23,24,28). The van der Waals surface area contributed by atoms with Crippen molar-refractivity contribution in [1.29, 1.82) is 0 Å². The van der Waals surface area contributed by atoms with Crippen LogP contribution in [-0.2, 0) is 9.53 Å². The molecule has 7 heteroatoms.